The first-order chi connectivity index (χ1) is 16.9. The standard InChI is InChI=1S/C25H31N5O4S/c1-3-4-15-34-22-9-11-23(12-10-22)35(31,32)29-21-7-5-20(6-8-21)27-24-18-19(2)26-25(28-24)30-13-16-33-17-14-30/h5-12,18,29H,3-4,13-17H2,1-2H3,(H,26,27,28). The second kappa shape index (κ2) is 11.4. The van der Waals surface area contributed by atoms with Crippen LogP contribution in [-0.4, -0.2) is 51.3 Å². The van der Waals surface area contributed by atoms with Crippen LogP contribution >= 0.6 is 0 Å². The molecule has 0 amide bonds. The number of unbranched alkanes of at least 4 members (excludes halogenated alkanes) is 1. The van der Waals surface area contributed by atoms with E-state index in [4.69, 9.17) is 9.47 Å². The van der Waals surface area contributed by atoms with Crippen LogP contribution in [0.5, 0.6) is 5.75 Å². The van der Waals surface area contributed by atoms with Gasteiger partial charge in [-0.05, 0) is 61.9 Å². The maximum Gasteiger partial charge on any atom is 0.261 e. The van der Waals surface area contributed by atoms with E-state index in [-0.39, 0.29) is 4.90 Å². The number of nitrogens with zero attached hydrogens (tertiary/aromatic N) is 3. The van der Waals surface area contributed by atoms with E-state index in [1.807, 2.05) is 13.0 Å². The quantitative estimate of drug-likeness (QED) is 0.399. The maximum absolute atomic E-state index is 12.8. The van der Waals surface area contributed by atoms with Crippen molar-refractivity contribution in [3.63, 3.8) is 0 Å². The summed E-state index contributed by atoms with van der Waals surface area (Å²) in [5, 5.41) is 3.27. The highest BCUT2D eigenvalue weighted by Crippen LogP contribution is 2.23. The van der Waals surface area contributed by atoms with Crippen molar-refractivity contribution in [1.82, 2.24) is 9.97 Å². The third-order valence-corrected chi connectivity index (χ3v) is 6.84. The average molecular weight is 498 g/mol. The molecule has 1 fully saturated rings. The highest BCUT2D eigenvalue weighted by molar-refractivity contribution is 7.92. The minimum atomic E-state index is -3.71. The first-order valence-electron chi connectivity index (χ1n) is 11.7. The van der Waals surface area contributed by atoms with E-state index in [9.17, 15) is 8.42 Å². The normalized spacial score (nSPS) is 13.9. The third kappa shape index (κ3) is 6.83. The molecule has 2 heterocycles. The summed E-state index contributed by atoms with van der Waals surface area (Å²) in [7, 11) is -3.71. The van der Waals surface area contributed by atoms with Gasteiger partial charge in [0.1, 0.15) is 11.6 Å². The van der Waals surface area contributed by atoms with Crippen LogP contribution in [-0.2, 0) is 14.8 Å². The smallest absolute Gasteiger partial charge is 0.261 e. The number of rotatable bonds is 10. The molecular formula is C25H31N5O4S. The molecule has 0 saturated carbocycles. The minimum Gasteiger partial charge on any atom is -0.494 e. The lowest BCUT2D eigenvalue weighted by atomic mass is 10.3. The Morgan fingerprint density at radius 2 is 1.69 bits per heavy atom. The number of anilines is 4. The van der Waals surface area contributed by atoms with E-state index in [0.717, 1.165) is 37.3 Å². The summed E-state index contributed by atoms with van der Waals surface area (Å²) in [6, 6.07) is 15.3. The Balaban J connectivity index is 1.39. The molecule has 0 aliphatic carbocycles. The first kappa shape index (κ1) is 24.7. The van der Waals surface area contributed by atoms with Gasteiger partial charge in [0.15, 0.2) is 0 Å². The molecule has 2 aromatic carbocycles. The van der Waals surface area contributed by atoms with Gasteiger partial charge in [-0.2, -0.15) is 4.98 Å². The van der Waals surface area contributed by atoms with Crippen molar-refractivity contribution in [2.45, 2.75) is 31.6 Å². The lowest BCUT2D eigenvalue weighted by Gasteiger charge is -2.27. The number of nitrogens with one attached hydrogen (secondary N) is 2. The number of ether oxygens (including phenoxy) is 2. The van der Waals surface area contributed by atoms with Gasteiger partial charge in [0.05, 0.1) is 24.7 Å². The summed E-state index contributed by atoms with van der Waals surface area (Å²) in [6.45, 7) is 7.47. The molecule has 1 aliphatic rings. The van der Waals surface area contributed by atoms with Gasteiger partial charge in [0.2, 0.25) is 5.95 Å². The third-order valence-electron chi connectivity index (χ3n) is 5.45. The molecule has 2 N–H and O–H groups in total. The van der Waals surface area contributed by atoms with Crippen LogP contribution in [0, 0.1) is 6.92 Å². The Labute approximate surface area is 206 Å². The highest BCUT2D eigenvalue weighted by Gasteiger charge is 2.16. The van der Waals surface area contributed by atoms with Gasteiger partial charge in [0, 0.05) is 36.2 Å². The molecular weight excluding hydrogens is 466 g/mol. The van der Waals surface area contributed by atoms with Crippen LogP contribution in [0.3, 0.4) is 0 Å². The van der Waals surface area contributed by atoms with Crippen LogP contribution < -0.4 is 19.7 Å². The zero-order chi connectivity index (χ0) is 24.7. The van der Waals surface area contributed by atoms with Crippen molar-refractivity contribution in [2.24, 2.45) is 0 Å². The van der Waals surface area contributed by atoms with Gasteiger partial charge >= 0.3 is 0 Å². The topological polar surface area (TPSA) is 106 Å². The summed E-state index contributed by atoms with van der Waals surface area (Å²) < 4.78 is 39.2. The number of morpholine rings is 1. The van der Waals surface area contributed by atoms with Crippen molar-refractivity contribution < 1.29 is 17.9 Å². The molecule has 0 spiro atoms. The molecule has 3 aromatic rings. The number of sulfonamides is 1. The first-order valence-corrected chi connectivity index (χ1v) is 13.2. The number of hydrogen-bond donors (Lipinski definition) is 2. The van der Waals surface area contributed by atoms with Crippen LogP contribution in [0.1, 0.15) is 25.5 Å². The van der Waals surface area contributed by atoms with E-state index < -0.39 is 10.0 Å². The van der Waals surface area contributed by atoms with Gasteiger partial charge < -0.3 is 19.7 Å². The van der Waals surface area contributed by atoms with E-state index in [1.165, 1.54) is 0 Å². The Morgan fingerprint density at radius 1 is 1.00 bits per heavy atom. The number of aromatic nitrogens is 2. The predicted octanol–water partition coefficient (Wildman–Crippen LogP) is 4.34. The number of hydrogen-bond acceptors (Lipinski definition) is 8. The minimum absolute atomic E-state index is 0.176. The molecule has 186 valence electrons. The Morgan fingerprint density at radius 3 is 2.37 bits per heavy atom. The van der Waals surface area contributed by atoms with Gasteiger partial charge in [0.25, 0.3) is 10.0 Å². The van der Waals surface area contributed by atoms with Crippen molar-refractivity contribution in [1.29, 1.82) is 0 Å². The lowest BCUT2D eigenvalue weighted by molar-refractivity contribution is 0.122. The fraction of sp³-hybridized carbons (Fsp3) is 0.360. The number of aryl methyl sites for hydroxylation is 1. The molecule has 1 aliphatic heterocycles. The monoisotopic (exact) mass is 497 g/mol. The molecule has 35 heavy (non-hydrogen) atoms. The summed E-state index contributed by atoms with van der Waals surface area (Å²) in [5.41, 5.74) is 2.11. The average Bonchev–Trinajstić information content (AvgIpc) is 2.86. The van der Waals surface area contributed by atoms with Gasteiger partial charge in [-0.15, -0.1) is 0 Å². The summed E-state index contributed by atoms with van der Waals surface area (Å²) in [4.78, 5) is 11.4. The second-order valence-corrected chi connectivity index (χ2v) is 9.96. The molecule has 1 saturated heterocycles. The highest BCUT2D eigenvalue weighted by atomic mass is 32.2. The zero-order valence-corrected chi connectivity index (χ0v) is 20.8. The molecule has 9 nitrogen and oxygen atoms in total. The fourth-order valence-electron chi connectivity index (χ4n) is 3.55. The van der Waals surface area contributed by atoms with Crippen LogP contribution in [0.25, 0.3) is 0 Å². The predicted molar refractivity (Wildman–Crippen MR) is 137 cm³/mol. The van der Waals surface area contributed by atoms with Crippen LogP contribution in [0.2, 0.25) is 0 Å². The van der Waals surface area contributed by atoms with Gasteiger partial charge in [-0.1, -0.05) is 13.3 Å². The van der Waals surface area contributed by atoms with Gasteiger partial charge in [-0.3, -0.25) is 4.72 Å². The van der Waals surface area contributed by atoms with Crippen LogP contribution in [0.15, 0.2) is 59.5 Å². The Hall–Kier alpha value is -3.37. The number of benzene rings is 2. The largest absolute Gasteiger partial charge is 0.494 e. The molecule has 10 heteroatoms. The van der Waals surface area contributed by atoms with E-state index >= 15 is 0 Å². The maximum atomic E-state index is 12.8. The SMILES string of the molecule is CCCCOc1ccc(S(=O)(=O)Nc2ccc(Nc3cc(C)nc(N4CCOCC4)n3)cc2)cc1. The molecule has 4 rings (SSSR count). The van der Waals surface area contributed by atoms with E-state index in [0.29, 0.717) is 43.0 Å². The van der Waals surface area contributed by atoms with E-state index in [2.05, 4.69) is 31.8 Å². The van der Waals surface area contributed by atoms with E-state index in [1.54, 1.807) is 48.5 Å². The molecule has 0 radical (unpaired) electrons. The Kier molecular flexibility index (Phi) is 8.04. The second-order valence-electron chi connectivity index (χ2n) is 8.28. The molecule has 0 bridgehead atoms. The zero-order valence-electron chi connectivity index (χ0n) is 20.0. The molecule has 0 atom stereocenters. The fourth-order valence-corrected chi connectivity index (χ4v) is 4.61. The van der Waals surface area contributed by atoms with Crippen molar-refractivity contribution in [3.05, 3.63) is 60.3 Å². The van der Waals surface area contributed by atoms with Crippen molar-refractivity contribution in [2.75, 3.05) is 47.8 Å². The molecule has 0 unspecified atom stereocenters. The lowest BCUT2D eigenvalue weighted by Crippen LogP contribution is -2.37. The van der Waals surface area contributed by atoms with Gasteiger partial charge in [-0.25, -0.2) is 13.4 Å². The Bertz CT molecular complexity index is 1210. The van der Waals surface area contributed by atoms with Crippen LogP contribution in [0.4, 0.5) is 23.1 Å². The summed E-state index contributed by atoms with van der Waals surface area (Å²) in [5.74, 6) is 2.00. The summed E-state index contributed by atoms with van der Waals surface area (Å²) >= 11 is 0. The van der Waals surface area contributed by atoms with Crippen molar-refractivity contribution >= 4 is 33.2 Å². The molecule has 1 aromatic heterocycles. The summed E-state index contributed by atoms with van der Waals surface area (Å²) in [6.07, 6.45) is 2.00. The van der Waals surface area contributed by atoms with Crippen molar-refractivity contribution in [3.8, 4) is 5.75 Å².